The molecule has 3 nitrogen and oxygen atoms in total. The van der Waals surface area contributed by atoms with Crippen molar-refractivity contribution in [3.8, 4) is 0 Å². The molecule has 1 aromatic heterocycles. The number of unbranched alkanes of at least 4 members (excludes halogenated alkanes) is 5. The largest absolute Gasteiger partial charge is 0.369 e. The van der Waals surface area contributed by atoms with Crippen molar-refractivity contribution in [1.82, 2.24) is 9.55 Å². The van der Waals surface area contributed by atoms with Gasteiger partial charge in [-0.15, -0.1) is 0 Å². The molecule has 0 saturated carbocycles. The molecule has 2 rings (SSSR count). The number of aromatic nitrogens is 2. The van der Waals surface area contributed by atoms with Gasteiger partial charge in [-0.3, -0.25) is 0 Å². The van der Waals surface area contributed by atoms with E-state index in [1.165, 1.54) is 37.8 Å². The summed E-state index contributed by atoms with van der Waals surface area (Å²) in [5.41, 5.74) is 7.28. The number of imidazole rings is 1. The van der Waals surface area contributed by atoms with Crippen LogP contribution in [0.5, 0.6) is 0 Å². The third-order valence-corrected chi connectivity index (χ3v) is 3.84. The average molecular weight is 298 g/mol. The average Bonchev–Trinajstić information content (AvgIpc) is 2.70. The summed E-state index contributed by atoms with van der Waals surface area (Å²) in [4.78, 5) is 4.23. The van der Waals surface area contributed by atoms with Crippen LogP contribution >= 0.6 is 11.6 Å². The second-order valence-corrected chi connectivity index (χ2v) is 5.55. The van der Waals surface area contributed by atoms with E-state index in [-0.39, 0.29) is 5.02 Å². The lowest BCUT2D eigenvalue weighted by molar-refractivity contribution is 0.566. The van der Waals surface area contributed by atoms with E-state index < -0.39 is 5.82 Å². The van der Waals surface area contributed by atoms with E-state index in [9.17, 15) is 4.39 Å². The molecule has 0 atom stereocenters. The van der Waals surface area contributed by atoms with Gasteiger partial charge in [0.15, 0.2) is 0 Å². The molecule has 20 heavy (non-hydrogen) atoms. The summed E-state index contributed by atoms with van der Waals surface area (Å²) < 4.78 is 15.4. The van der Waals surface area contributed by atoms with Gasteiger partial charge in [0.1, 0.15) is 5.82 Å². The first-order valence-electron chi connectivity index (χ1n) is 7.24. The summed E-state index contributed by atoms with van der Waals surface area (Å²) in [6.45, 7) is 2.98. The number of hydrogen-bond donors (Lipinski definition) is 1. The van der Waals surface area contributed by atoms with E-state index >= 15 is 0 Å². The number of nitrogens with two attached hydrogens (primary N) is 1. The topological polar surface area (TPSA) is 43.8 Å². The van der Waals surface area contributed by atoms with Crippen molar-refractivity contribution in [1.29, 1.82) is 0 Å². The molecule has 0 aliphatic rings. The minimum atomic E-state index is -0.428. The zero-order valence-electron chi connectivity index (χ0n) is 11.8. The van der Waals surface area contributed by atoms with Gasteiger partial charge in [-0.05, 0) is 12.5 Å². The van der Waals surface area contributed by atoms with Gasteiger partial charge >= 0.3 is 0 Å². The first-order chi connectivity index (χ1) is 9.63. The number of halogens is 2. The molecule has 0 spiro atoms. The van der Waals surface area contributed by atoms with Gasteiger partial charge in [-0.1, -0.05) is 50.6 Å². The maximum Gasteiger partial charge on any atom is 0.201 e. The summed E-state index contributed by atoms with van der Waals surface area (Å²) in [5, 5.41) is 0.0849. The highest BCUT2D eigenvalue weighted by atomic mass is 35.5. The second kappa shape index (κ2) is 6.93. The Balaban J connectivity index is 2.02. The Kier molecular flexibility index (Phi) is 5.24. The third kappa shape index (κ3) is 3.42. The molecule has 2 N–H and O–H groups in total. The van der Waals surface area contributed by atoms with Crippen molar-refractivity contribution < 1.29 is 4.39 Å². The van der Waals surface area contributed by atoms with Gasteiger partial charge < -0.3 is 10.3 Å². The number of nitrogens with zero attached hydrogens (tertiary/aromatic N) is 2. The molecule has 0 fully saturated rings. The summed E-state index contributed by atoms with van der Waals surface area (Å²) in [5.74, 6) is -0.00140. The fraction of sp³-hybridized carbons (Fsp3) is 0.533. The van der Waals surface area contributed by atoms with Crippen LogP contribution in [-0.2, 0) is 6.54 Å². The van der Waals surface area contributed by atoms with Crippen LogP contribution in [0.2, 0.25) is 5.02 Å². The van der Waals surface area contributed by atoms with E-state index in [1.807, 2.05) is 4.57 Å². The SMILES string of the molecule is CCCCCCCCn1c(N)nc2cc(Cl)c(F)cc21. The van der Waals surface area contributed by atoms with E-state index in [0.717, 1.165) is 24.9 Å². The van der Waals surface area contributed by atoms with Crippen LogP contribution in [0.25, 0.3) is 11.0 Å². The third-order valence-electron chi connectivity index (χ3n) is 3.56. The Labute approximate surface area is 123 Å². The summed E-state index contributed by atoms with van der Waals surface area (Å²) in [7, 11) is 0. The number of aryl methyl sites for hydroxylation is 1. The first-order valence-corrected chi connectivity index (χ1v) is 7.62. The van der Waals surface area contributed by atoms with Crippen molar-refractivity contribution in [2.75, 3.05) is 5.73 Å². The Morgan fingerprint density at radius 2 is 1.90 bits per heavy atom. The van der Waals surface area contributed by atoms with E-state index in [0.29, 0.717) is 11.5 Å². The Bertz CT molecular complexity index is 580. The molecule has 1 aromatic carbocycles. The predicted octanol–water partition coefficient (Wildman–Crippen LogP) is 4.77. The maximum atomic E-state index is 13.6. The van der Waals surface area contributed by atoms with Crippen LogP contribution in [0, 0.1) is 5.82 Å². The Morgan fingerprint density at radius 1 is 1.20 bits per heavy atom. The quantitative estimate of drug-likeness (QED) is 0.748. The van der Waals surface area contributed by atoms with Gasteiger partial charge in [0.25, 0.3) is 0 Å². The Hall–Kier alpha value is -1.29. The number of hydrogen-bond acceptors (Lipinski definition) is 2. The molecule has 0 bridgehead atoms. The van der Waals surface area contributed by atoms with Crippen molar-refractivity contribution in [2.45, 2.75) is 52.0 Å². The van der Waals surface area contributed by atoms with Crippen LogP contribution in [0.1, 0.15) is 45.4 Å². The molecule has 5 heteroatoms. The molecule has 0 unspecified atom stereocenters. The number of nitrogen functional groups attached to an aromatic ring is 1. The van der Waals surface area contributed by atoms with Crippen LogP contribution in [0.15, 0.2) is 12.1 Å². The molecule has 1 heterocycles. The molecular weight excluding hydrogens is 277 g/mol. The van der Waals surface area contributed by atoms with Gasteiger partial charge in [-0.25, -0.2) is 9.37 Å². The first kappa shape index (κ1) is 15.1. The van der Waals surface area contributed by atoms with E-state index in [2.05, 4.69) is 11.9 Å². The smallest absolute Gasteiger partial charge is 0.201 e. The van der Waals surface area contributed by atoms with Crippen LogP contribution in [-0.4, -0.2) is 9.55 Å². The standard InChI is InChI=1S/C15H21ClFN3/c1-2-3-4-5-6-7-8-20-14-10-12(17)11(16)9-13(14)19-15(20)18/h9-10H,2-8H2,1H3,(H2,18,19). The molecule has 110 valence electrons. The molecule has 0 saturated heterocycles. The van der Waals surface area contributed by atoms with Crippen molar-refractivity contribution >= 4 is 28.6 Å². The second-order valence-electron chi connectivity index (χ2n) is 5.14. The molecule has 0 radical (unpaired) electrons. The highest BCUT2D eigenvalue weighted by molar-refractivity contribution is 6.31. The number of rotatable bonds is 7. The molecule has 0 aliphatic heterocycles. The summed E-state index contributed by atoms with van der Waals surface area (Å²) in [6, 6.07) is 2.94. The summed E-state index contributed by atoms with van der Waals surface area (Å²) >= 11 is 5.76. The van der Waals surface area contributed by atoms with E-state index in [1.54, 1.807) is 0 Å². The van der Waals surface area contributed by atoms with Gasteiger partial charge in [0, 0.05) is 12.6 Å². The van der Waals surface area contributed by atoms with Crippen LogP contribution in [0.3, 0.4) is 0 Å². The lowest BCUT2D eigenvalue weighted by atomic mass is 10.1. The summed E-state index contributed by atoms with van der Waals surface area (Å²) in [6.07, 6.45) is 7.25. The van der Waals surface area contributed by atoms with Gasteiger partial charge in [0.05, 0.1) is 16.1 Å². The van der Waals surface area contributed by atoms with Gasteiger partial charge in [-0.2, -0.15) is 0 Å². The van der Waals surface area contributed by atoms with Crippen molar-refractivity contribution in [3.63, 3.8) is 0 Å². The van der Waals surface area contributed by atoms with Crippen LogP contribution < -0.4 is 5.73 Å². The monoisotopic (exact) mass is 297 g/mol. The molecule has 0 aliphatic carbocycles. The lowest BCUT2D eigenvalue weighted by Crippen LogP contribution is -2.03. The number of anilines is 1. The van der Waals surface area contributed by atoms with Crippen molar-refractivity contribution in [2.24, 2.45) is 0 Å². The minimum absolute atomic E-state index is 0.0849. The lowest BCUT2D eigenvalue weighted by Gasteiger charge is -2.06. The normalized spacial score (nSPS) is 11.3. The maximum absolute atomic E-state index is 13.6. The fourth-order valence-electron chi connectivity index (χ4n) is 2.42. The molecule has 0 amide bonds. The number of fused-ring (bicyclic) bond motifs is 1. The van der Waals surface area contributed by atoms with Crippen LogP contribution in [0.4, 0.5) is 10.3 Å². The fourth-order valence-corrected chi connectivity index (χ4v) is 2.58. The van der Waals surface area contributed by atoms with E-state index in [4.69, 9.17) is 17.3 Å². The minimum Gasteiger partial charge on any atom is -0.369 e. The molecule has 2 aromatic rings. The highest BCUT2D eigenvalue weighted by Gasteiger charge is 2.11. The molecular formula is C15H21ClFN3. The van der Waals surface area contributed by atoms with Gasteiger partial charge in [0.2, 0.25) is 5.95 Å². The highest BCUT2D eigenvalue weighted by Crippen LogP contribution is 2.25. The Morgan fingerprint density at radius 3 is 2.65 bits per heavy atom. The predicted molar refractivity (Wildman–Crippen MR) is 82.5 cm³/mol. The number of benzene rings is 1. The van der Waals surface area contributed by atoms with Crippen molar-refractivity contribution in [3.05, 3.63) is 23.0 Å². The zero-order chi connectivity index (χ0) is 14.5. The zero-order valence-corrected chi connectivity index (χ0v) is 12.6.